The summed E-state index contributed by atoms with van der Waals surface area (Å²) in [5, 5.41) is 17.1. The first kappa shape index (κ1) is 44.2. The van der Waals surface area contributed by atoms with Gasteiger partial charge in [0.25, 0.3) is 11.5 Å². The fourth-order valence-electron chi connectivity index (χ4n) is 7.10. The molecule has 10 unspecified atom stereocenters. The maximum Gasteiger partial charge on any atom is 0.475 e. The van der Waals surface area contributed by atoms with Crippen molar-refractivity contribution in [2.45, 2.75) is 70.2 Å². The predicted molar refractivity (Wildman–Crippen MR) is 215 cm³/mol. The standard InChI is InChI=1S/C36H41FN12O12P2/c1-18(2)31(50)45-36-44-30-26(33(52)46-36)42-17-49(30)35-27-19(3)21(59-35)13-57-62(53,55-4)47-24-22(14-58-63(54,61-27)56-12-8-11-38)60-34(23(24)37)48-16-41-25-28(39-15-40-29(25)48)43-32(51)20-9-6-5-7-10-20/h5-7,9-10,15-19,21-24,27,34-35H,8,12-14H2,1-4H3,(H,47,53)(H,39,40,43,51)(H2,44,45,46,50,52). The quantitative estimate of drug-likeness (QED) is 0.114. The summed E-state index contributed by atoms with van der Waals surface area (Å²) in [6, 6.07) is 8.71. The third-order valence-electron chi connectivity index (χ3n) is 10.5. The summed E-state index contributed by atoms with van der Waals surface area (Å²) in [6.45, 7) is 3.35. The van der Waals surface area contributed by atoms with E-state index in [0.717, 1.165) is 13.4 Å². The third-order valence-corrected chi connectivity index (χ3v) is 13.5. The number of nitrogens with zero attached hydrogens (tertiary/aromatic N) is 8. The third kappa shape index (κ3) is 8.92. The maximum absolute atomic E-state index is 16.9. The normalized spacial score (nSPS) is 30.0. The predicted octanol–water partition coefficient (Wildman–Crippen LogP) is 3.76. The number of halogens is 1. The number of benzene rings is 1. The molecule has 24 nitrogen and oxygen atoms in total. The van der Waals surface area contributed by atoms with Crippen LogP contribution in [0.5, 0.6) is 0 Å². The Balaban J connectivity index is 1.12. The number of nitrogens with one attached hydrogen (secondary N) is 4. The van der Waals surface area contributed by atoms with Gasteiger partial charge in [0, 0.05) is 24.5 Å². The summed E-state index contributed by atoms with van der Waals surface area (Å²) in [5.74, 6) is -2.28. The maximum atomic E-state index is 16.9. The van der Waals surface area contributed by atoms with Gasteiger partial charge in [0.1, 0.15) is 18.5 Å². The average molecular weight is 915 g/mol. The van der Waals surface area contributed by atoms with Crippen molar-refractivity contribution in [2.24, 2.45) is 11.8 Å². The van der Waals surface area contributed by atoms with Crippen LogP contribution < -0.4 is 21.3 Å². The van der Waals surface area contributed by atoms with Crippen LogP contribution >= 0.6 is 15.6 Å². The largest absolute Gasteiger partial charge is 0.475 e. The zero-order chi connectivity index (χ0) is 44.6. The zero-order valence-electron chi connectivity index (χ0n) is 33.9. The van der Waals surface area contributed by atoms with Crippen molar-refractivity contribution < 1.29 is 55.2 Å². The van der Waals surface area contributed by atoms with Gasteiger partial charge in [0.2, 0.25) is 11.9 Å². The number of carbonyl (C=O) groups excluding carboxylic acids is 2. The molecule has 0 radical (unpaired) electrons. The lowest BCUT2D eigenvalue weighted by atomic mass is 10.0. The number of aromatic nitrogens is 8. The minimum atomic E-state index is -4.78. The van der Waals surface area contributed by atoms with Crippen molar-refractivity contribution in [1.29, 1.82) is 5.26 Å². The first-order valence-corrected chi connectivity index (χ1v) is 22.5. The average Bonchev–Trinajstić information content (AvgIpc) is 4.04. The summed E-state index contributed by atoms with van der Waals surface area (Å²) in [5.41, 5.74) is -0.374. The number of imidazole rings is 2. The first-order valence-electron chi connectivity index (χ1n) is 19.5. The molecule has 5 aromatic rings. The van der Waals surface area contributed by atoms with Crippen LogP contribution in [0.4, 0.5) is 16.2 Å². The Morgan fingerprint density at radius 3 is 2.44 bits per heavy atom. The molecule has 3 saturated heterocycles. The number of ether oxygens (including phenoxy) is 2. The van der Waals surface area contributed by atoms with Crippen LogP contribution in [0.1, 0.15) is 50.0 Å². The van der Waals surface area contributed by atoms with Crippen LogP contribution in [0.25, 0.3) is 22.3 Å². The number of phosphoric ester groups is 1. The van der Waals surface area contributed by atoms with E-state index in [0.29, 0.717) is 5.56 Å². The van der Waals surface area contributed by atoms with E-state index in [1.165, 1.54) is 21.8 Å². The fourth-order valence-corrected chi connectivity index (χ4v) is 9.83. The zero-order valence-corrected chi connectivity index (χ0v) is 35.7. The van der Waals surface area contributed by atoms with Gasteiger partial charge in [-0.3, -0.25) is 51.9 Å². The second kappa shape index (κ2) is 18.0. The van der Waals surface area contributed by atoms with Crippen LogP contribution in [0.15, 0.2) is 54.1 Å². The van der Waals surface area contributed by atoms with E-state index in [9.17, 15) is 28.8 Å². The second-order valence-electron chi connectivity index (χ2n) is 14.9. The summed E-state index contributed by atoms with van der Waals surface area (Å²) in [6.07, 6.45) is -5.24. The Bertz CT molecular complexity index is 2710. The number of alkyl halides is 1. The van der Waals surface area contributed by atoms with E-state index in [1.54, 1.807) is 51.1 Å². The molecule has 4 aromatic heterocycles. The van der Waals surface area contributed by atoms with Crippen LogP contribution in [-0.4, -0.2) is 108 Å². The Kier molecular flexibility index (Phi) is 12.6. The number of H-pyrrole nitrogens is 1. The fraction of sp³-hybridized carbons (Fsp3) is 0.472. The van der Waals surface area contributed by atoms with Gasteiger partial charge in [-0.25, -0.2) is 38.5 Å². The van der Waals surface area contributed by atoms with Crippen LogP contribution in [0, 0.1) is 23.2 Å². The molecular formula is C36H41FN12O12P2. The monoisotopic (exact) mass is 914 g/mol. The number of hydrogen-bond donors (Lipinski definition) is 4. The number of fused-ring (bicyclic) bond motifs is 5. The van der Waals surface area contributed by atoms with Gasteiger partial charge >= 0.3 is 15.6 Å². The minimum absolute atomic E-state index is 0.0314. The summed E-state index contributed by atoms with van der Waals surface area (Å²) in [7, 11) is -8.12. The van der Waals surface area contributed by atoms with Gasteiger partial charge in [-0.15, -0.1) is 0 Å². The molecule has 3 aliphatic heterocycles. The van der Waals surface area contributed by atoms with Gasteiger partial charge in [-0.05, 0) is 12.1 Å². The molecule has 3 aliphatic rings. The number of rotatable bonds is 10. The smallest absolute Gasteiger partial charge is 0.349 e. The summed E-state index contributed by atoms with van der Waals surface area (Å²) >= 11 is 0. The number of aromatic amines is 1. The van der Waals surface area contributed by atoms with Crippen molar-refractivity contribution in [3.63, 3.8) is 0 Å². The van der Waals surface area contributed by atoms with E-state index < -0.39 is 108 Å². The van der Waals surface area contributed by atoms with Crippen molar-refractivity contribution >= 4 is 61.5 Å². The van der Waals surface area contributed by atoms with Crippen LogP contribution in [0.2, 0.25) is 0 Å². The van der Waals surface area contributed by atoms with Crippen molar-refractivity contribution in [1.82, 2.24) is 44.1 Å². The lowest BCUT2D eigenvalue weighted by Crippen LogP contribution is -2.43. The van der Waals surface area contributed by atoms with E-state index in [2.05, 4.69) is 45.6 Å². The van der Waals surface area contributed by atoms with E-state index in [-0.39, 0.29) is 40.5 Å². The molecule has 63 heavy (non-hydrogen) atoms. The minimum Gasteiger partial charge on any atom is -0.349 e. The molecule has 4 N–H and O–H groups in total. The highest BCUT2D eigenvalue weighted by atomic mass is 31.2. The molecule has 7 heterocycles. The SMILES string of the molecule is COP1(=O)NC2C(COP(=O)(OCCC#N)OC3C(C)C(CO1)OC3n1cnc3c(=O)[nH]c(NC(=O)C(C)C)nc31)OC(n1cnc3c(NC(=O)c4ccccc4)ncnc31)C2F. The van der Waals surface area contributed by atoms with E-state index in [4.69, 9.17) is 32.1 Å². The highest BCUT2D eigenvalue weighted by Crippen LogP contribution is 2.57. The van der Waals surface area contributed by atoms with E-state index in [1.807, 2.05) is 6.07 Å². The van der Waals surface area contributed by atoms with Crippen molar-refractivity contribution in [3.8, 4) is 6.07 Å². The highest BCUT2D eigenvalue weighted by molar-refractivity contribution is 7.51. The molecule has 2 amide bonds. The number of phosphoric acid groups is 1. The molecule has 10 atom stereocenters. The topological polar surface area (TPSA) is 300 Å². The molecule has 3 fully saturated rings. The summed E-state index contributed by atoms with van der Waals surface area (Å²) in [4.78, 5) is 62.3. The number of hydrogen-bond acceptors (Lipinski definition) is 18. The molecule has 0 aliphatic carbocycles. The lowest BCUT2D eigenvalue weighted by Gasteiger charge is -2.28. The van der Waals surface area contributed by atoms with Gasteiger partial charge in [0.15, 0.2) is 46.8 Å². The lowest BCUT2D eigenvalue weighted by molar-refractivity contribution is -0.118. The van der Waals surface area contributed by atoms with Gasteiger partial charge in [-0.2, -0.15) is 10.2 Å². The first-order chi connectivity index (χ1) is 30.2. The van der Waals surface area contributed by atoms with Crippen LogP contribution in [0.3, 0.4) is 0 Å². The Morgan fingerprint density at radius 1 is 1.00 bits per heavy atom. The van der Waals surface area contributed by atoms with Gasteiger partial charge in [0.05, 0.1) is 57.1 Å². The van der Waals surface area contributed by atoms with Gasteiger partial charge in [-0.1, -0.05) is 39.0 Å². The molecule has 0 saturated carbocycles. The van der Waals surface area contributed by atoms with Crippen LogP contribution in [-0.2, 0) is 46.0 Å². The van der Waals surface area contributed by atoms with Gasteiger partial charge < -0.3 is 19.3 Å². The number of amides is 2. The Morgan fingerprint density at radius 2 is 1.71 bits per heavy atom. The number of nitriles is 1. The Labute approximate surface area is 356 Å². The number of carbonyl (C=O) groups is 2. The molecule has 1 aromatic carbocycles. The molecular weight excluding hydrogens is 873 g/mol. The second-order valence-corrected chi connectivity index (χ2v) is 18.4. The molecule has 0 spiro atoms. The molecule has 27 heteroatoms. The highest BCUT2D eigenvalue weighted by Gasteiger charge is 2.54. The molecule has 334 valence electrons. The number of anilines is 2. The molecule has 8 rings (SSSR count). The van der Waals surface area contributed by atoms with Crippen molar-refractivity contribution in [3.05, 3.63) is 65.2 Å². The Hall–Kier alpha value is -5.38. The van der Waals surface area contributed by atoms with Crippen molar-refractivity contribution in [2.75, 3.05) is 37.6 Å². The van der Waals surface area contributed by atoms with E-state index >= 15 is 4.39 Å². The summed E-state index contributed by atoms with van der Waals surface area (Å²) < 4.78 is 89.8. The molecule has 2 bridgehead atoms.